The lowest BCUT2D eigenvalue weighted by Gasteiger charge is -2.30. The van der Waals surface area contributed by atoms with Crippen LogP contribution in [0.2, 0.25) is 10.0 Å². The van der Waals surface area contributed by atoms with E-state index in [1.807, 2.05) is 0 Å². The number of nitrogens with one attached hydrogen (secondary N) is 1. The molecule has 0 bridgehead atoms. The van der Waals surface area contributed by atoms with Crippen molar-refractivity contribution in [3.05, 3.63) is 28.0 Å². The highest BCUT2D eigenvalue weighted by atomic mass is 35.5. The van der Waals surface area contributed by atoms with Gasteiger partial charge in [0.15, 0.2) is 5.82 Å². The minimum Gasteiger partial charge on any atom is -0.382 e. The fourth-order valence-electron chi connectivity index (χ4n) is 2.41. The summed E-state index contributed by atoms with van der Waals surface area (Å²) in [6, 6.07) is 3.48. The SMILES string of the molecule is CCCC1CC(Nc2cc(Cl)c(F)c(Cl)c2)CCO1. The highest BCUT2D eigenvalue weighted by molar-refractivity contribution is 6.35. The lowest BCUT2D eigenvalue weighted by atomic mass is 10.00. The summed E-state index contributed by atoms with van der Waals surface area (Å²) in [6.45, 7) is 2.91. The Morgan fingerprint density at radius 1 is 1.37 bits per heavy atom. The molecule has 2 unspecified atom stereocenters. The number of ether oxygens (including phenoxy) is 1. The standard InChI is InChI=1S/C14H18Cl2FNO/c1-2-3-11-6-9(4-5-19-11)18-10-7-12(15)14(17)13(16)8-10/h7-9,11,18H,2-6H2,1H3. The number of hydrogen-bond acceptors (Lipinski definition) is 2. The zero-order valence-corrected chi connectivity index (χ0v) is 12.4. The van der Waals surface area contributed by atoms with Gasteiger partial charge in [0.05, 0.1) is 16.1 Å². The van der Waals surface area contributed by atoms with Crippen molar-refractivity contribution in [2.45, 2.75) is 44.8 Å². The monoisotopic (exact) mass is 305 g/mol. The first-order chi connectivity index (χ1) is 9.10. The van der Waals surface area contributed by atoms with Gasteiger partial charge in [-0.15, -0.1) is 0 Å². The molecule has 5 heteroatoms. The van der Waals surface area contributed by atoms with Gasteiger partial charge in [-0.25, -0.2) is 4.39 Å². The second-order valence-corrected chi connectivity index (χ2v) is 5.72. The molecule has 2 rings (SSSR count). The van der Waals surface area contributed by atoms with E-state index >= 15 is 0 Å². The van der Waals surface area contributed by atoms with Crippen molar-refractivity contribution >= 4 is 28.9 Å². The maximum atomic E-state index is 13.3. The van der Waals surface area contributed by atoms with Crippen LogP contribution in [0.3, 0.4) is 0 Å². The molecule has 0 aromatic heterocycles. The molecule has 1 fully saturated rings. The lowest BCUT2D eigenvalue weighted by molar-refractivity contribution is 0.00598. The highest BCUT2D eigenvalue weighted by Gasteiger charge is 2.22. The minimum absolute atomic E-state index is 0.0483. The van der Waals surface area contributed by atoms with Crippen molar-refractivity contribution in [3.63, 3.8) is 0 Å². The predicted octanol–water partition coefficient (Wildman–Crippen LogP) is 4.89. The summed E-state index contributed by atoms with van der Waals surface area (Å²) in [6.07, 6.45) is 4.39. The van der Waals surface area contributed by atoms with Gasteiger partial charge >= 0.3 is 0 Å². The van der Waals surface area contributed by atoms with Gasteiger partial charge in [0.1, 0.15) is 0 Å². The lowest BCUT2D eigenvalue weighted by Crippen LogP contribution is -2.34. The van der Waals surface area contributed by atoms with Crippen molar-refractivity contribution in [2.24, 2.45) is 0 Å². The Balaban J connectivity index is 2.00. The molecule has 19 heavy (non-hydrogen) atoms. The van der Waals surface area contributed by atoms with Crippen LogP contribution in [0, 0.1) is 5.82 Å². The molecule has 1 heterocycles. The molecule has 2 nitrogen and oxygen atoms in total. The summed E-state index contributed by atoms with van der Waals surface area (Å²) < 4.78 is 19.0. The van der Waals surface area contributed by atoms with Crippen LogP contribution in [0.5, 0.6) is 0 Å². The highest BCUT2D eigenvalue weighted by Crippen LogP contribution is 2.29. The van der Waals surface area contributed by atoms with Crippen molar-refractivity contribution in [3.8, 4) is 0 Å². The molecule has 0 radical (unpaired) electrons. The van der Waals surface area contributed by atoms with Gasteiger partial charge in [-0.1, -0.05) is 36.5 Å². The topological polar surface area (TPSA) is 21.3 Å². The van der Waals surface area contributed by atoms with Crippen LogP contribution in [-0.4, -0.2) is 18.8 Å². The predicted molar refractivity (Wildman–Crippen MR) is 77.7 cm³/mol. The molecule has 0 aliphatic carbocycles. The van der Waals surface area contributed by atoms with Crippen molar-refractivity contribution < 1.29 is 9.13 Å². The van der Waals surface area contributed by atoms with E-state index < -0.39 is 5.82 Å². The Bertz CT molecular complexity index is 416. The molecule has 1 aromatic carbocycles. The Kier molecular flexibility index (Phi) is 5.31. The number of hydrogen-bond donors (Lipinski definition) is 1. The van der Waals surface area contributed by atoms with Crippen molar-refractivity contribution in [1.82, 2.24) is 0 Å². The van der Waals surface area contributed by atoms with E-state index in [1.54, 1.807) is 12.1 Å². The van der Waals surface area contributed by atoms with E-state index in [2.05, 4.69) is 12.2 Å². The molecular formula is C14H18Cl2FNO. The quantitative estimate of drug-likeness (QED) is 0.800. The molecule has 0 amide bonds. The molecule has 1 aromatic rings. The smallest absolute Gasteiger partial charge is 0.160 e. The van der Waals surface area contributed by atoms with Gasteiger partial charge in [-0.2, -0.15) is 0 Å². The number of halogens is 3. The van der Waals surface area contributed by atoms with E-state index in [9.17, 15) is 4.39 Å². The first kappa shape index (κ1) is 14.9. The molecule has 0 saturated carbocycles. The number of anilines is 1. The summed E-state index contributed by atoms with van der Waals surface area (Å²) in [4.78, 5) is 0. The maximum absolute atomic E-state index is 13.3. The van der Waals surface area contributed by atoms with Gasteiger partial charge in [0, 0.05) is 18.3 Å². The molecule has 1 aliphatic rings. The van der Waals surface area contributed by atoms with Crippen LogP contribution in [0.25, 0.3) is 0 Å². The minimum atomic E-state index is -0.565. The Morgan fingerprint density at radius 2 is 2.05 bits per heavy atom. The summed E-state index contributed by atoms with van der Waals surface area (Å²) in [7, 11) is 0. The van der Waals surface area contributed by atoms with E-state index in [0.29, 0.717) is 12.1 Å². The molecule has 1 saturated heterocycles. The normalized spacial score (nSPS) is 23.4. The van der Waals surface area contributed by atoms with Gasteiger partial charge in [0.2, 0.25) is 0 Å². The van der Waals surface area contributed by atoms with Crippen LogP contribution in [0.1, 0.15) is 32.6 Å². The number of rotatable bonds is 4. The Morgan fingerprint density at radius 3 is 2.68 bits per heavy atom. The van der Waals surface area contributed by atoms with E-state index in [4.69, 9.17) is 27.9 Å². The first-order valence-corrected chi connectivity index (χ1v) is 7.38. The summed E-state index contributed by atoms with van der Waals surface area (Å²) in [5, 5.41) is 3.46. The largest absolute Gasteiger partial charge is 0.382 e. The average Bonchev–Trinajstić information content (AvgIpc) is 2.37. The third-order valence-corrected chi connectivity index (χ3v) is 3.88. The third-order valence-electron chi connectivity index (χ3n) is 3.33. The van der Waals surface area contributed by atoms with Crippen LogP contribution in [0.4, 0.5) is 10.1 Å². The van der Waals surface area contributed by atoms with Gasteiger partial charge in [-0.3, -0.25) is 0 Å². The van der Waals surface area contributed by atoms with E-state index in [0.717, 1.165) is 38.0 Å². The van der Waals surface area contributed by atoms with Crippen LogP contribution < -0.4 is 5.32 Å². The van der Waals surface area contributed by atoms with Crippen LogP contribution in [0.15, 0.2) is 12.1 Å². The fourth-order valence-corrected chi connectivity index (χ4v) is 2.90. The molecule has 2 atom stereocenters. The second-order valence-electron chi connectivity index (χ2n) is 4.90. The molecule has 106 valence electrons. The Hall–Kier alpha value is -0.510. The van der Waals surface area contributed by atoms with Gasteiger partial charge < -0.3 is 10.1 Å². The van der Waals surface area contributed by atoms with Crippen LogP contribution in [-0.2, 0) is 4.74 Å². The molecule has 0 spiro atoms. The third kappa shape index (κ3) is 3.98. The van der Waals surface area contributed by atoms with Gasteiger partial charge in [0.25, 0.3) is 0 Å². The van der Waals surface area contributed by atoms with Crippen LogP contribution >= 0.6 is 23.2 Å². The maximum Gasteiger partial charge on any atom is 0.160 e. The van der Waals surface area contributed by atoms with Crippen molar-refractivity contribution in [2.75, 3.05) is 11.9 Å². The summed E-state index contributed by atoms with van der Waals surface area (Å²) in [5.74, 6) is -0.565. The van der Waals surface area contributed by atoms with E-state index in [-0.39, 0.29) is 10.0 Å². The van der Waals surface area contributed by atoms with Gasteiger partial charge in [-0.05, 0) is 31.4 Å². The first-order valence-electron chi connectivity index (χ1n) is 6.62. The average molecular weight is 306 g/mol. The zero-order valence-electron chi connectivity index (χ0n) is 10.9. The Labute approximate surface area is 123 Å². The second kappa shape index (κ2) is 6.78. The molecule has 1 aliphatic heterocycles. The molecular weight excluding hydrogens is 288 g/mol. The zero-order chi connectivity index (χ0) is 13.8. The summed E-state index contributed by atoms with van der Waals surface area (Å²) in [5.41, 5.74) is 0.763. The summed E-state index contributed by atoms with van der Waals surface area (Å²) >= 11 is 11.6. The van der Waals surface area contributed by atoms with Crippen molar-refractivity contribution in [1.29, 1.82) is 0 Å². The fraction of sp³-hybridized carbons (Fsp3) is 0.571. The number of benzene rings is 1. The molecule has 1 N–H and O–H groups in total. The van der Waals surface area contributed by atoms with E-state index in [1.165, 1.54) is 0 Å².